The molecule has 3 N–H and O–H groups in total. The molecule has 1 aromatic carbocycles. The molecule has 1 aromatic heterocycles. The highest BCUT2D eigenvalue weighted by atomic mass is 32.1. The molecule has 1 unspecified atom stereocenters. The van der Waals surface area contributed by atoms with Gasteiger partial charge in [0.15, 0.2) is 0 Å². The van der Waals surface area contributed by atoms with Gasteiger partial charge in [0.05, 0.1) is 16.8 Å². The molecule has 0 bridgehead atoms. The first-order valence-corrected chi connectivity index (χ1v) is 8.23. The first-order chi connectivity index (χ1) is 10.7. The fourth-order valence-corrected chi connectivity index (χ4v) is 3.96. The van der Waals surface area contributed by atoms with Gasteiger partial charge in [0, 0.05) is 32.7 Å². The Morgan fingerprint density at radius 2 is 2.05 bits per heavy atom. The predicted octanol–water partition coefficient (Wildman–Crippen LogP) is 0.433. The highest BCUT2D eigenvalue weighted by molar-refractivity contribution is 7.18. The van der Waals surface area contributed by atoms with E-state index in [0.717, 1.165) is 41.4 Å². The lowest BCUT2D eigenvalue weighted by Gasteiger charge is -2.37. The van der Waals surface area contributed by atoms with Crippen LogP contribution in [0.1, 0.15) is 11.0 Å². The van der Waals surface area contributed by atoms with Crippen LogP contribution in [0.25, 0.3) is 10.2 Å². The van der Waals surface area contributed by atoms with Crippen molar-refractivity contribution < 1.29 is 9.90 Å². The summed E-state index contributed by atoms with van der Waals surface area (Å²) in [6.07, 6.45) is 0. The Morgan fingerprint density at radius 3 is 2.68 bits per heavy atom. The summed E-state index contributed by atoms with van der Waals surface area (Å²) >= 11 is 1.53. The number of hydrogen-bond acceptors (Lipinski definition) is 6. The number of carbonyl (C=O) groups excluding carboxylic acids is 1. The second kappa shape index (κ2) is 6.70. The number of fused-ring (bicyclic) bond motifs is 1. The van der Waals surface area contributed by atoms with Gasteiger partial charge in [-0.25, -0.2) is 4.98 Å². The topological polar surface area (TPSA) is 82.7 Å². The number of nitrogens with zero attached hydrogens (tertiary/aromatic N) is 3. The van der Waals surface area contributed by atoms with Crippen molar-refractivity contribution in [3.05, 3.63) is 29.3 Å². The fraction of sp³-hybridized carbons (Fsp3) is 0.467. The molecule has 0 radical (unpaired) electrons. The summed E-state index contributed by atoms with van der Waals surface area (Å²) in [7, 11) is 0. The zero-order valence-corrected chi connectivity index (χ0v) is 13.1. The highest BCUT2D eigenvalue weighted by Gasteiger charge is 2.31. The molecule has 6 nitrogen and oxygen atoms in total. The minimum Gasteiger partial charge on any atom is -0.395 e. The SMILES string of the molecule is NC(=O)C(c1nc2ccccc2s1)N1CCN(CCO)CC1. The second-order valence-electron chi connectivity index (χ2n) is 5.43. The Kier molecular flexibility index (Phi) is 4.68. The summed E-state index contributed by atoms with van der Waals surface area (Å²) in [6, 6.07) is 7.41. The van der Waals surface area contributed by atoms with E-state index in [0.29, 0.717) is 6.54 Å². The van der Waals surface area contributed by atoms with Crippen LogP contribution in [0.4, 0.5) is 0 Å². The van der Waals surface area contributed by atoms with E-state index in [1.54, 1.807) is 0 Å². The molecule has 2 aromatic rings. The molecule has 118 valence electrons. The van der Waals surface area contributed by atoms with Crippen LogP contribution in [0.3, 0.4) is 0 Å². The molecular formula is C15H20N4O2S. The van der Waals surface area contributed by atoms with E-state index in [9.17, 15) is 4.79 Å². The molecule has 0 saturated carbocycles. The van der Waals surface area contributed by atoms with Gasteiger partial charge in [-0.3, -0.25) is 14.6 Å². The Bertz CT molecular complexity index is 619. The summed E-state index contributed by atoms with van der Waals surface area (Å²) in [5, 5.41) is 9.77. The number of primary amides is 1. The first-order valence-electron chi connectivity index (χ1n) is 7.41. The smallest absolute Gasteiger partial charge is 0.241 e. The first kappa shape index (κ1) is 15.4. The van der Waals surface area contributed by atoms with Crippen molar-refractivity contribution in [2.24, 2.45) is 5.73 Å². The number of thiazole rings is 1. The largest absolute Gasteiger partial charge is 0.395 e. The number of aliphatic hydroxyl groups excluding tert-OH is 1. The zero-order valence-electron chi connectivity index (χ0n) is 12.3. The molecule has 22 heavy (non-hydrogen) atoms. The second-order valence-corrected chi connectivity index (χ2v) is 6.49. The van der Waals surface area contributed by atoms with Crippen molar-refractivity contribution in [3.8, 4) is 0 Å². The van der Waals surface area contributed by atoms with Crippen molar-refractivity contribution in [1.82, 2.24) is 14.8 Å². The quantitative estimate of drug-likeness (QED) is 0.835. The van der Waals surface area contributed by atoms with Crippen LogP contribution in [-0.4, -0.2) is 65.1 Å². The molecule has 0 spiro atoms. The van der Waals surface area contributed by atoms with E-state index in [-0.39, 0.29) is 12.5 Å². The van der Waals surface area contributed by atoms with E-state index in [2.05, 4.69) is 14.8 Å². The van der Waals surface area contributed by atoms with Gasteiger partial charge in [0.2, 0.25) is 5.91 Å². The Balaban J connectivity index is 1.80. The number of para-hydroxylation sites is 1. The lowest BCUT2D eigenvalue weighted by molar-refractivity contribution is -0.124. The number of nitrogens with two attached hydrogens (primary N) is 1. The normalized spacial score (nSPS) is 18.6. The summed E-state index contributed by atoms with van der Waals surface area (Å²) in [6.45, 7) is 4.00. The summed E-state index contributed by atoms with van der Waals surface area (Å²) in [5.41, 5.74) is 6.56. The predicted molar refractivity (Wildman–Crippen MR) is 86.7 cm³/mol. The fourth-order valence-electron chi connectivity index (χ4n) is 2.85. The minimum absolute atomic E-state index is 0.164. The van der Waals surface area contributed by atoms with Gasteiger partial charge < -0.3 is 10.8 Å². The van der Waals surface area contributed by atoms with Crippen molar-refractivity contribution in [2.75, 3.05) is 39.3 Å². The number of carbonyl (C=O) groups is 1. The lowest BCUT2D eigenvalue weighted by Crippen LogP contribution is -2.50. The zero-order chi connectivity index (χ0) is 15.5. The molecule has 2 heterocycles. The van der Waals surface area contributed by atoms with E-state index < -0.39 is 6.04 Å². The van der Waals surface area contributed by atoms with Gasteiger partial charge in [-0.05, 0) is 12.1 Å². The van der Waals surface area contributed by atoms with Crippen LogP contribution in [-0.2, 0) is 4.79 Å². The third-order valence-corrected chi connectivity index (χ3v) is 5.09. The molecule has 1 aliphatic heterocycles. The average Bonchev–Trinajstić information content (AvgIpc) is 2.92. The third-order valence-electron chi connectivity index (χ3n) is 4.00. The van der Waals surface area contributed by atoms with Gasteiger partial charge in [0.1, 0.15) is 11.0 Å². The maximum absolute atomic E-state index is 12.0. The Labute approximate surface area is 133 Å². The van der Waals surface area contributed by atoms with Crippen LogP contribution in [0, 0.1) is 0 Å². The summed E-state index contributed by atoms with van der Waals surface area (Å²) in [4.78, 5) is 20.8. The summed E-state index contributed by atoms with van der Waals surface area (Å²) < 4.78 is 1.07. The highest BCUT2D eigenvalue weighted by Crippen LogP contribution is 2.30. The van der Waals surface area contributed by atoms with Gasteiger partial charge in [-0.1, -0.05) is 12.1 Å². The van der Waals surface area contributed by atoms with E-state index in [1.807, 2.05) is 24.3 Å². The number of hydrogen-bond donors (Lipinski definition) is 2. The van der Waals surface area contributed by atoms with Gasteiger partial charge in [-0.2, -0.15) is 0 Å². The number of rotatable bonds is 5. The lowest BCUT2D eigenvalue weighted by atomic mass is 10.2. The van der Waals surface area contributed by atoms with Crippen LogP contribution in [0.15, 0.2) is 24.3 Å². The van der Waals surface area contributed by atoms with Crippen LogP contribution in [0.2, 0.25) is 0 Å². The van der Waals surface area contributed by atoms with E-state index in [4.69, 9.17) is 10.8 Å². The van der Waals surface area contributed by atoms with Crippen molar-refractivity contribution in [2.45, 2.75) is 6.04 Å². The number of amides is 1. The number of piperazine rings is 1. The van der Waals surface area contributed by atoms with Gasteiger partial charge >= 0.3 is 0 Å². The molecule has 1 fully saturated rings. The van der Waals surface area contributed by atoms with E-state index >= 15 is 0 Å². The Hall–Kier alpha value is -1.54. The van der Waals surface area contributed by atoms with Gasteiger partial charge in [-0.15, -0.1) is 11.3 Å². The van der Waals surface area contributed by atoms with Crippen molar-refractivity contribution in [3.63, 3.8) is 0 Å². The molecule has 1 amide bonds. The van der Waals surface area contributed by atoms with Crippen LogP contribution in [0.5, 0.6) is 0 Å². The molecule has 7 heteroatoms. The number of aliphatic hydroxyl groups is 1. The van der Waals surface area contributed by atoms with Crippen LogP contribution >= 0.6 is 11.3 Å². The van der Waals surface area contributed by atoms with E-state index in [1.165, 1.54) is 11.3 Å². The molecule has 3 rings (SSSR count). The molecule has 1 atom stereocenters. The number of aromatic nitrogens is 1. The number of β-amino-alcohol motifs (C(OH)–C–C–N with tert-alkyl or cyclic N) is 1. The Morgan fingerprint density at radius 1 is 1.32 bits per heavy atom. The maximum atomic E-state index is 12.0. The molecule has 1 saturated heterocycles. The summed E-state index contributed by atoms with van der Waals surface area (Å²) in [5.74, 6) is -0.352. The van der Waals surface area contributed by atoms with Gasteiger partial charge in [0.25, 0.3) is 0 Å². The average molecular weight is 320 g/mol. The van der Waals surface area contributed by atoms with Crippen molar-refractivity contribution in [1.29, 1.82) is 0 Å². The van der Waals surface area contributed by atoms with Crippen molar-refractivity contribution >= 4 is 27.5 Å². The molecule has 1 aliphatic rings. The molecular weight excluding hydrogens is 300 g/mol. The maximum Gasteiger partial charge on any atom is 0.241 e. The molecule has 0 aliphatic carbocycles. The number of benzene rings is 1. The standard InChI is InChI=1S/C15H20N4O2S/c16-14(21)13(19-7-5-18(6-8-19)9-10-20)15-17-11-3-1-2-4-12(11)22-15/h1-4,13,20H,5-10H2,(H2,16,21). The third kappa shape index (κ3) is 3.12. The monoisotopic (exact) mass is 320 g/mol. The minimum atomic E-state index is -0.464. The van der Waals surface area contributed by atoms with Crippen LogP contribution < -0.4 is 5.73 Å².